The summed E-state index contributed by atoms with van der Waals surface area (Å²) in [4.78, 5) is 8.33. The fourth-order valence-corrected chi connectivity index (χ4v) is 0. The first-order valence-electron chi connectivity index (χ1n) is 0.612. The van der Waals surface area contributed by atoms with Gasteiger partial charge < -0.3 is 15.0 Å². The van der Waals surface area contributed by atoms with Gasteiger partial charge in [-0.15, -0.1) is 0 Å². The smallest absolute Gasteiger partial charge is 0.652 e. The van der Waals surface area contributed by atoms with E-state index in [1.165, 1.54) is 0 Å². The molecular weight excluding hydrogens is 263 g/mol. The van der Waals surface area contributed by atoms with E-state index in [4.69, 9.17) is 15.0 Å². The minimum absolute atomic E-state index is 0. The zero-order valence-corrected chi connectivity index (χ0v) is 10.5. The normalized spacial score (nSPS) is 4.00. The van der Waals surface area contributed by atoms with Gasteiger partial charge in [-0.3, -0.25) is 0 Å². The Kier molecular flexibility index (Phi) is 25.3. The Balaban J connectivity index is -0.0000000450. The van der Waals surface area contributed by atoms with Gasteiger partial charge in [-0.05, 0) is 6.16 Å². The maximum atomic E-state index is 8.33. The molecule has 0 N–H and O–H groups in total. The van der Waals surface area contributed by atoms with Gasteiger partial charge >= 0.3 is 68.4 Å². The molecule has 24 valence electrons. The first kappa shape index (κ1) is 15.7. The van der Waals surface area contributed by atoms with Gasteiger partial charge in [0.25, 0.3) is 0 Å². The first-order chi connectivity index (χ1) is 1.73. The van der Waals surface area contributed by atoms with Crippen LogP contribution in [0.4, 0.5) is 4.79 Å². The summed E-state index contributed by atoms with van der Waals surface area (Å²) in [6.07, 6.45) is -2.33. The summed E-state index contributed by atoms with van der Waals surface area (Å²) < 4.78 is 0. The van der Waals surface area contributed by atoms with Crippen molar-refractivity contribution in [1.29, 1.82) is 0 Å². The van der Waals surface area contributed by atoms with E-state index >= 15 is 0 Å². The van der Waals surface area contributed by atoms with E-state index in [0.29, 0.717) is 0 Å². The third kappa shape index (κ3) is 50.8. The maximum absolute atomic E-state index is 8.33. The number of rotatable bonds is 0. The Morgan fingerprint density at radius 1 is 1.33 bits per heavy atom. The van der Waals surface area contributed by atoms with Crippen molar-refractivity contribution in [2.24, 2.45) is 0 Å². The minimum atomic E-state index is -2.33. The SMILES string of the molecule is O=C([O-])[O-].[Ba+2].[Zn+2]. The largest absolute Gasteiger partial charge is 2.00 e. The van der Waals surface area contributed by atoms with E-state index < -0.39 is 6.16 Å². The van der Waals surface area contributed by atoms with Gasteiger partial charge in [-0.25, -0.2) is 0 Å². The summed E-state index contributed by atoms with van der Waals surface area (Å²) in [5, 5.41) is 16.7. The van der Waals surface area contributed by atoms with E-state index in [1.54, 1.807) is 0 Å². The Morgan fingerprint density at radius 3 is 1.33 bits per heavy atom. The van der Waals surface area contributed by atoms with Crippen molar-refractivity contribution in [3.63, 3.8) is 0 Å². The molecule has 0 spiro atoms. The molecular formula is CBaO3Zn+2. The molecule has 0 heterocycles. The summed E-state index contributed by atoms with van der Waals surface area (Å²) in [6.45, 7) is 0. The molecule has 0 saturated heterocycles. The fourth-order valence-electron chi connectivity index (χ4n) is 0. The molecule has 0 atom stereocenters. The molecule has 0 aromatic carbocycles. The average Bonchev–Trinajstić information content (AvgIpc) is 0.811. The van der Waals surface area contributed by atoms with Gasteiger partial charge in [0.2, 0.25) is 0 Å². The van der Waals surface area contributed by atoms with Gasteiger partial charge in [0, 0.05) is 0 Å². The Bertz CT molecular complexity index is 33.8. The molecule has 0 saturated carbocycles. The van der Waals surface area contributed by atoms with E-state index in [1.807, 2.05) is 0 Å². The molecule has 0 radical (unpaired) electrons. The summed E-state index contributed by atoms with van der Waals surface area (Å²) in [5.74, 6) is 0. The molecule has 6 heavy (non-hydrogen) atoms. The first-order valence-corrected chi connectivity index (χ1v) is 0.612. The van der Waals surface area contributed by atoms with Gasteiger partial charge in [0.05, 0.1) is 0 Å². The predicted molar refractivity (Wildman–Crippen MR) is 11.1 cm³/mol. The quantitative estimate of drug-likeness (QED) is 0.442. The van der Waals surface area contributed by atoms with E-state index in [9.17, 15) is 0 Å². The topological polar surface area (TPSA) is 63.2 Å². The van der Waals surface area contributed by atoms with Gasteiger partial charge in [0.1, 0.15) is 0 Å². The van der Waals surface area contributed by atoms with Crippen LogP contribution in [0.3, 0.4) is 0 Å². The minimum Gasteiger partial charge on any atom is -0.652 e. The van der Waals surface area contributed by atoms with Crippen molar-refractivity contribution >= 4 is 55.0 Å². The molecule has 3 nitrogen and oxygen atoms in total. The van der Waals surface area contributed by atoms with E-state index in [2.05, 4.69) is 0 Å². The summed E-state index contributed by atoms with van der Waals surface area (Å²) >= 11 is 0. The van der Waals surface area contributed by atoms with Gasteiger partial charge in [-0.2, -0.15) is 0 Å². The van der Waals surface area contributed by atoms with Crippen molar-refractivity contribution < 1.29 is 34.5 Å². The third-order valence-electron chi connectivity index (χ3n) is 0. The van der Waals surface area contributed by atoms with Gasteiger partial charge in [-0.1, -0.05) is 0 Å². The second-order valence-electron chi connectivity index (χ2n) is 0.250. The van der Waals surface area contributed by atoms with Gasteiger partial charge in [0.15, 0.2) is 0 Å². The second-order valence-corrected chi connectivity index (χ2v) is 0.250. The Morgan fingerprint density at radius 2 is 1.33 bits per heavy atom. The van der Waals surface area contributed by atoms with Crippen molar-refractivity contribution in [1.82, 2.24) is 0 Å². The molecule has 5 heteroatoms. The monoisotopic (exact) mass is 262 g/mol. The van der Waals surface area contributed by atoms with Crippen LogP contribution in [-0.4, -0.2) is 55.0 Å². The molecule has 0 aromatic heterocycles. The number of carbonyl (C=O) groups excluding carboxylic acids is 1. The Hall–Kier alpha value is 1.46. The van der Waals surface area contributed by atoms with Crippen LogP contribution in [0.2, 0.25) is 0 Å². The van der Waals surface area contributed by atoms with Crippen LogP contribution < -0.4 is 10.2 Å². The number of hydrogen-bond donors (Lipinski definition) is 0. The zero-order chi connectivity index (χ0) is 3.58. The third-order valence-corrected chi connectivity index (χ3v) is 0. The molecule has 0 fully saturated rings. The average molecular weight is 263 g/mol. The van der Waals surface area contributed by atoms with Crippen molar-refractivity contribution in [2.75, 3.05) is 0 Å². The van der Waals surface area contributed by atoms with Crippen LogP contribution in [-0.2, 0) is 19.5 Å². The molecule has 0 unspecified atom stereocenters. The maximum Gasteiger partial charge on any atom is 2.00 e. The van der Waals surface area contributed by atoms with E-state index in [-0.39, 0.29) is 68.4 Å². The molecule has 0 aliphatic rings. The van der Waals surface area contributed by atoms with Crippen LogP contribution in [0.5, 0.6) is 0 Å². The molecule has 0 aliphatic heterocycles. The zero-order valence-electron chi connectivity index (χ0n) is 3.14. The van der Waals surface area contributed by atoms with Crippen molar-refractivity contribution in [3.8, 4) is 0 Å². The van der Waals surface area contributed by atoms with Crippen LogP contribution in [0.25, 0.3) is 0 Å². The van der Waals surface area contributed by atoms with Crippen molar-refractivity contribution in [3.05, 3.63) is 0 Å². The fraction of sp³-hybridized carbons (Fsp3) is 0. The summed E-state index contributed by atoms with van der Waals surface area (Å²) in [7, 11) is 0. The molecule has 0 rings (SSSR count). The Labute approximate surface area is 87.9 Å². The van der Waals surface area contributed by atoms with Crippen LogP contribution in [0.15, 0.2) is 0 Å². The number of carboxylic acid groups (broad SMARTS) is 2. The number of carbonyl (C=O) groups is 1. The molecule has 0 bridgehead atoms. The summed E-state index contributed by atoms with van der Waals surface area (Å²) in [6, 6.07) is 0. The standard InChI is InChI=1S/CH2O3.Ba.Zn/c2-1(3)4;;/h(H2,2,3,4);;/q;2*+2/p-2. The van der Waals surface area contributed by atoms with Crippen LogP contribution in [0.1, 0.15) is 0 Å². The second kappa shape index (κ2) is 9.69. The molecule has 0 aliphatic carbocycles. The van der Waals surface area contributed by atoms with Crippen LogP contribution in [0, 0.1) is 0 Å². The molecule has 0 amide bonds. The van der Waals surface area contributed by atoms with Crippen LogP contribution >= 0.6 is 0 Å². The van der Waals surface area contributed by atoms with E-state index in [0.717, 1.165) is 0 Å². The van der Waals surface area contributed by atoms with Crippen molar-refractivity contribution in [2.45, 2.75) is 0 Å². The summed E-state index contributed by atoms with van der Waals surface area (Å²) in [5.41, 5.74) is 0. The number of hydrogen-bond acceptors (Lipinski definition) is 3. The molecule has 0 aromatic rings. The predicted octanol–water partition coefficient (Wildman–Crippen LogP) is -2.83.